The molecule has 25 heavy (non-hydrogen) atoms. The van der Waals surface area contributed by atoms with Crippen molar-refractivity contribution >= 4 is 28.5 Å². The topological polar surface area (TPSA) is 92.8 Å². The number of pyridine rings is 1. The van der Waals surface area contributed by atoms with Gasteiger partial charge in [0.25, 0.3) is 0 Å². The zero-order chi connectivity index (χ0) is 18.6. The van der Waals surface area contributed by atoms with E-state index in [4.69, 9.17) is 5.73 Å². The van der Waals surface area contributed by atoms with Crippen LogP contribution in [0.4, 0.5) is 11.8 Å². The lowest BCUT2D eigenvalue weighted by molar-refractivity contribution is 0.737. The predicted molar refractivity (Wildman–Crippen MR) is 105 cm³/mol. The third kappa shape index (κ3) is 4.86. The number of hydrogen-bond acceptors (Lipinski definition) is 5. The lowest BCUT2D eigenvalue weighted by atomic mass is 10.1. The fourth-order valence-electron chi connectivity index (χ4n) is 2.20. The molecule has 0 radical (unpaired) electrons. The van der Waals surface area contributed by atoms with Gasteiger partial charge in [0.15, 0.2) is 5.82 Å². The van der Waals surface area contributed by atoms with Gasteiger partial charge in [-0.3, -0.25) is 0 Å². The van der Waals surface area contributed by atoms with Crippen molar-refractivity contribution in [1.82, 2.24) is 19.9 Å². The second-order valence-corrected chi connectivity index (χ2v) is 6.85. The van der Waals surface area contributed by atoms with E-state index < -0.39 is 0 Å². The molecule has 6 heteroatoms. The average molecular weight is 338 g/mol. The van der Waals surface area contributed by atoms with Gasteiger partial charge in [0.05, 0.1) is 0 Å². The van der Waals surface area contributed by atoms with E-state index >= 15 is 0 Å². The van der Waals surface area contributed by atoms with Crippen LogP contribution in [0, 0.1) is 12.8 Å². The first-order valence-electron chi connectivity index (χ1n) is 8.36. The first kappa shape index (κ1) is 18.6. The zero-order valence-corrected chi connectivity index (χ0v) is 15.8. The van der Waals surface area contributed by atoms with Crippen molar-refractivity contribution in [1.29, 1.82) is 0 Å². The molecule has 0 saturated heterocycles. The summed E-state index contributed by atoms with van der Waals surface area (Å²) < 4.78 is 0. The smallest absolute Gasteiger partial charge is 0.221 e. The number of nitrogens with zero attached hydrogens (tertiary/aromatic N) is 4. The van der Waals surface area contributed by atoms with Crippen LogP contribution in [0.3, 0.4) is 0 Å². The van der Waals surface area contributed by atoms with Gasteiger partial charge < -0.3 is 10.7 Å². The van der Waals surface area contributed by atoms with E-state index in [0.717, 1.165) is 45.2 Å². The molecule has 0 atom stereocenters. The largest absolute Gasteiger partial charge is 0.368 e. The summed E-state index contributed by atoms with van der Waals surface area (Å²) in [6.07, 6.45) is 5.43. The monoisotopic (exact) mass is 338 g/mol. The van der Waals surface area contributed by atoms with Crippen molar-refractivity contribution in [2.75, 3.05) is 5.73 Å². The summed E-state index contributed by atoms with van der Waals surface area (Å²) in [7, 11) is 0. The van der Waals surface area contributed by atoms with Gasteiger partial charge in [0.1, 0.15) is 5.65 Å². The molecule has 0 bridgehead atoms. The van der Waals surface area contributed by atoms with Crippen LogP contribution < -0.4 is 5.73 Å². The molecule has 0 amide bonds. The van der Waals surface area contributed by atoms with Gasteiger partial charge in [-0.2, -0.15) is 4.98 Å². The summed E-state index contributed by atoms with van der Waals surface area (Å²) in [6.45, 7) is 12.4. The van der Waals surface area contributed by atoms with Crippen molar-refractivity contribution < 1.29 is 0 Å². The maximum atomic E-state index is 5.59. The molecule has 6 nitrogen and oxygen atoms in total. The Kier molecular flexibility index (Phi) is 5.85. The minimum Gasteiger partial charge on any atom is -0.368 e. The number of aromatic nitrogens is 4. The first-order chi connectivity index (χ1) is 11.8. The Morgan fingerprint density at radius 1 is 1.16 bits per heavy atom. The van der Waals surface area contributed by atoms with E-state index in [1.165, 1.54) is 0 Å². The van der Waals surface area contributed by atoms with Gasteiger partial charge in [-0.1, -0.05) is 20.8 Å². The summed E-state index contributed by atoms with van der Waals surface area (Å²) in [5, 5.41) is 0.924. The maximum absolute atomic E-state index is 5.59. The highest BCUT2D eigenvalue weighted by Gasteiger charge is 2.10. The Morgan fingerprint density at radius 3 is 2.44 bits per heavy atom. The zero-order valence-electron chi connectivity index (χ0n) is 15.8. The Bertz CT molecular complexity index is 885. The highest BCUT2D eigenvalue weighted by atomic mass is 15.0. The SMILES string of the molecule is CC(C)=Nc1ncc(-c2c[nH]c3nc(N)ncc23)cc1C.CC(C)C. The molecular weight excluding hydrogens is 312 g/mol. The fourth-order valence-corrected chi connectivity index (χ4v) is 2.20. The van der Waals surface area contributed by atoms with Crippen LogP contribution in [-0.4, -0.2) is 25.6 Å². The average Bonchev–Trinajstić information content (AvgIpc) is 2.91. The molecule has 3 aromatic heterocycles. The van der Waals surface area contributed by atoms with E-state index in [1.54, 1.807) is 6.20 Å². The number of rotatable bonds is 2. The van der Waals surface area contributed by atoms with Gasteiger partial charge in [-0.05, 0) is 38.3 Å². The summed E-state index contributed by atoms with van der Waals surface area (Å²) in [5.74, 6) is 1.84. The number of nitrogen functional groups attached to an aromatic ring is 1. The van der Waals surface area contributed by atoms with Gasteiger partial charge in [-0.15, -0.1) is 0 Å². The number of aryl methyl sites for hydroxylation is 1. The maximum Gasteiger partial charge on any atom is 0.221 e. The molecule has 0 fully saturated rings. The van der Waals surface area contributed by atoms with E-state index in [2.05, 4.69) is 51.8 Å². The van der Waals surface area contributed by atoms with Crippen LogP contribution in [0.1, 0.15) is 40.2 Å². The summed E-state index contributed by atoms with van der Waals surface area (Å²) in [4.78, 5) is 20.2. The number of fused-ring (bicyclic) bond motifs is 1. The van der Waals surface area contributed by atoms with Crippen molar-refractivity contribution in [3.63, 3.8) is 0 Å². The summed E-state index contributed by atoms with van der Waals surface area (Å²) in [5.41, 5.74) is 10.3. The lowest BCUT2D eigenvalue weighted by Gasteiger charge is -2.04. The molecule has 0 unspecified atom stereocenters. The highest BCUT2D eigenvalue weighted by Crippen LogP contribution is 2.29. The molecule has 0 aliphatic heterocycles. The Labute approximate surface area is 148 Å². The molecule has 3 rings (SSSR count). The van der Waals surface area contributed by atoms with Gasteiger partial charge in [-0.25, -0.2) is 15.0 Å². The fraction of sp³-hybridized carbons (Fsp3) is 0.368. The molecule has 0 aromatic carbocycles. The van der Waals surface area contributed by atoms with Gasteiger partial charge in [0.2, 0.25) is 5.95 Å². The predicted octanol–water partition coefficient (Wildman–Crippen LogP) is 4.69. The van der Waals surface area contributed by atoms with E-state index in [9.17, 15) is 0 Å². The van der Waals surface area contributed by atoms with Crippen LogP contribution in [0.2, 0.25) is 0 Å². The minimum atomic E-state index is 0.258. The molecule has 3 heterocycles. The third-order valence-electron chi connectivity index (χ3n) is 3.14. The molecule has 0 saturated carbocycles. The normalized spacial score (nSPS) is 10.5. The number of aromatic amines is 1. The quantitative estimate of drug-likeness (QED) is 0.663. The van der Waals surface area contributed by atoms with Crippen LogP contribution in [-0.2, 0) is 0 Å². The number of anilines is 1. The lowest BCUT2D eigenvalue weighted by Crippen LogP contribution is -1.93. The van der Waals surface area contributed by atoms with Crippen LogP contribution >= 0.6 is 0 Å². The second-order valence-electron chi connectivity index (χ2n) is 6.85. The van der Waals surface area contributed by atoms with Crippen LogP contribution in [0.25, 0.3) is 22.2 Å². The third-order valence-corrected chi connectivity index (χ3v) is 3.14. The number of nitrogens with one attached hydrogen (secondary N) is 1. The minimum absolute atomic E-state index is 0.258. The number of H-pyrrole nitrogens is 1. The number of hydrogen-bond donors (Lipinski definition) is 2. The van der Waals surface area contributed by atoms with E-state index in [1.807, 2.05) is 33.2 Å². The molecule has 0 aliphatic rings. The number of aliphatic imine (C=N–C) groups is 1. The Morgan fingerprint density at radius 2 is 1.84 bits per heavy atom. The molecule has 3 N–H and O–H groups in total. The molecule has 132 valence electrons. The molecule has 0 aliphatic carbocycles. The van der Waals surface area contributed by atoms with Gasteiger partial charge >= 0.3 is 0 Å². The van der Waals surface area contributed by atoms with E-state index in [0.29, 0.717) is 0 Å². The highest BCUT2D eigenvalue weighted by molar-refractivity contribution is 5.93. The van der Waals surface area contributed by atoms with Crippen molar-refractivity contribution in [2.24, 2.45) is 10.9 Å². The van der Waals surface area contributed by atoms with Crippen molar-refractivity contribution in [3.8, 4) is 11.1 Å². The Hall–Kier alpha value is -2.76. The van der Waals surface area contributed by atoms with Crippen LogP contribution in [0.5, 0.6) is 0 Å². The molecular formula is C19H26N6. The van der Waals surface area contributed by atoms with Crippen molar-refractivity contribution in [2.45, 2.75) is 41.5 Å². The van der Waals surface area contributed by atoms with E-state index in [-0.39, 0.29) is 5.95 Å². The van der Waals surface area contributed by atoms with Crippen molar-refractivity contribution in [3.05, 3.63) is 30.2 Å². The summed E-state index contributed by atoms with van der Waals surface area (Å²) in [6, 6.07) is 2.06. The second kappa shape index (κ2) is 7.88. The molecule has 3 aromatic rings. The molecule has 0 spiro atoms. The standard InChI is InChI=1S/C15H16N6.C4H10/c1-8(2)20-13-9(3)4-10(5-17-13)11-6-18-14-12(11)7-19-15(16)21-14;1-4(2)3/h4-7H,1-3H3,(H3,16,18,19,21);4H,1-3H3. The number of nitrogens with two attached hydrogens (primary N) is 1. The van der Waals surface area contributed by atoms with Crippen LogP contribution in [0.15, 0.2) is 29.6 Å². The first-order valence-corrected chi connectivity index (χ1v) is 8.36. The Balaban J connectivity index is 0.000000511. The summed E-state index contributed by atoms with van der Waals surface area (Å²) >= 11 is 0. The van der Waals surface area contributed by atoms with Gasteiger partial charge in [0, 0.05) is 40.8 Å².